The lowest BCUT2D eigenvalue weighted by Gasteiger charge is -2.28. The van der Waals surface area contributed by atoms with Crippen LogP contribution in [-0.2, 0) is 47.9 Å². The summed E-state index contributed by atoms with van der Waals surface area (Å²) in [7, 11) is 0. The van der Waals surface area contributed by atoms with Crippen LogP contribution in [0.5, 0.6) is 0 Å². The van der Waals surface area contributed by atoms with Crippen molar-refractivity contribution in [2.75, 3.05) is 12.3 Å². The number of nitrogens with two attached hydrogens (primary N) is 3. The van der Waals surface area contributed by atoms with E-state index in [1.165, 1.54) is 0 Å². The Balaban J connectivity index is 6.38. The molecule has 0 aromatic carbocycles. The third kappa shape index (κ3) is 20.0. The number of nitrogens with one attached hydrogen (secondary N) is 6. The summed E-state index contributed by atoms with van der Waals surface area (Å²) in [6.45, 7) is 6.67. The highest BCUT2D eigenvalue weighted by atomic mass is 32.1. The minimum Gasteiger partial charge on any atom is -0.481 e. The van der Waals surface area contributed by atoms with Gasteiger partial charge < -0.3 is 64.4 Å². The molecule has 0 spiro atoms. The maximum Gasteiger partial charge on any atom is 0.326 e. The zero-order chi connectivity index (χ0) is 43.3. The van der Waals surface area contributed by atoms with Gasteiger partial charge in [-0.2, -0.15) is 12.6 Å². The van der Waals surface area contributed by atoms with Crippen LogP contribution >= 0.6 is 12.6 Å². The Morgan fingerprint density at radius 1 is 0.589 bits per heavy atom. The molecule has 7 amide bonds. The number of primary amides is 1. The third-order valence-corrected chi connectivity index (χ3v) is 8.41. The van der Waals surface area contributed by atoms with Gasteiger partial charge in [0.05, 0.1) is 18.9 Å². The van der Waals surface area contributed by atoms with Gasteiger partial charge in [0.15, 0.2) is 0 Å². The molecule has 7 unspecified atom stereocenters. The quantitative estimate of drug-likeness (QED) is 0.0267. The number of aliphatic carboxylic acids is 3. The van der Waals surface area contributed by atoms with Crippen LogP contribution in [0.2, 0.25) is 0 Å². The summed E-state index contributed by atoms with van der Waals surface area (Å²) < 4.78 is 0. The van der Waals surface area contributed by atoms with Gasteiger partial charge in [0.25, 0.3) is 0 Å². The van der Waals surface area contributed by atoms with E-state index >= 15 is 0 Å². The Bertz CT molecular complexity index is 1420. The van der Waals surface area contributed by atoms with Crippen molar-refractivity contribution in [1.29, 1.82) is 0 Å². The van der Waals surface area contributed by atoms with E-state index < -0.39 is 120 Å². The van der Waals surface area contributed by atoms with Gasteiger partial charge in [-0.1, -0.05) is 27.7 Å². The van der Waals surface area contributed by atoms with Crippen molar-refractivity contribution in [3.05, 3.63) is 0 Å². The number of carboxylic acid groups (broad SMARTS) is 3. The van der Waals surface area contributed by atoms with Crippen molar-refractivity contribution in [2.24, 2.45) is 29.0 Å². The maximum atomic E-state index is 13.6. The second-order valence-corrected chi connectivity index (χ2v) is 14.1. The molecule has 0 aliphatic heterocycles. The molecule has 0 aromatic heterocycles. The molecule has 0 fully saturated rings. The average Bonchev–Trinajstić information content (AvgIpc) is 3.09. The first kappa shape index (κ1) is 51.0. The van der Waals surface area contributed by atoms with Gasteiger partial charge in [-0.15, -0.1) is 0 Å². The number of carbonyl (C=O) groups is 10. The smallest absolute Gasteiger partial charge is 0.326 e. The molecule has 15 N–H and O–H groups in total. The van der Waals surface area contributed by atoms with E-state index in [1.807, 2.05) is 0 Å². The second kappa shape index (κ2) is 25.9. The topological polar surface area (TPSA) is 382 Å². The van der Waals surface area contributed by atoms with E-state index in [0.717, 1.165) is 0 Å². The lowest BCUT2D eigenvalue weighted by atomic mass is 10.0. The second-order valence-electron chi connectivity index (χ2n) is 13.8. The summed E-state index contributed by atoms with van der Waals surface area (Å²) in [5.41, 5.74) is 16.3. The van der Waals surface area contributed by atoms with Crippen LogP contribution in [0.3, 0.4) is 0 Å². The standard InChI is InChI=1S/C33H57N9O13S/c1-15(2)11-20(29(50)38-19(33(54)55)8-9-23(36)43)39-31(52)21(12-24(44)45)40-28(49)18(7-5-6-10-34)37-30(51)22(13-25(46)47)41-32(53)26(16(3)4)42-27(48)17(35)14-56/h15-22,26,56H,5-14,34-35H2,1-4H3,(H2,36,43)(H,37,51)(H,38,50)(H,39,52)(H,40,49)(H,41,53)(H,42,48)(H,44,45)(H,46,47)(H,54,55). The van der Waals surface area contributed by atoms with Crippen molar-refractivity contribution >= 4 is 71.9 Å². The van der Waals surface area contributed by atoms with Crippen molar-refractivity contribution < 1.29 is 63.3 Å². The summed E-state index contributed by atoms with van der Waals surface area (Å²) in [5, 5.41) is 42.4. The van der Waals surface area contributed by atoms with Gasteiger partial charge in [-0.05, 0) is 50.5 Å². The molecule has 0 aliphatic rings. The molecule has 0 aliphatic carbocycles. The van der Waals surface area contributed by atoms with Crippen molar-refractivity contribution in [1.82, 2.24) is 31.9 Å². The molecular formula is C33H57N9O13S. The van der Waals surface area contributed by atoms with Crippen LogP contribution in [0.25, 0.3) is 0 Å². The van der Waals surface area contributed by atoms with Gasteiger partial charge in [0, 0.05) is 12.2 Å². The van der Waals surface area contributed by atoms with E-state index in [2.05, 4.69) is 44.5 Å². The average molecular weight is 820 g/mol. The van der Waals surface area contributed by atoms with Gasteiger partial charge in [-0.3, -0.25) is 43.2 Å². The first-order valence-corrected chi connectivity index (χ1v) is 18.5. The monoisotopic (exact) mass is 819 g/mol. The molecule has 23 heteroatoms. The van der Waals surface area contributed by atoms with Gasteiger partial charge >= 0.3 is 17.9 Å². The van der Waals surface area contributed by atoms with E-state index in [1.54, 1.807) is 27.7 Å². The molecule has 0 heterocycles. The van der Waals surface area contributed by atoms with E-state index in [0.29, 0.717) is 6.42 Å². The fraction of sp³-hybridized carbons (Fsp3) is 0.697. The molecule has 0 rings (SSSR count). The largest absolute Gasteiger partial charge is 0.481 e. The number of amides is 7. The molecule has 0 radical (unpaired) electrons. The number of rotatable bonds is 28. The maximum absolute atomic E-state index is 13.6. The number of hydrogen-bond acceptors (Lipinski definition) is 13. The van der Waals surface area contributed by atoms with Crippen LogP contribution < -0.4 is 49.1 Å². The molecule has 56 heavy (non-hydrogen) atoms. The summed E-state index contributed by atoms with van der Waals surface area (Å²) in [4.78, 5) is 126. The lowest BCUT2D eigenvalue weighted by molar-refractivity contribution is -0.144. The molecule has 0 aromatic rings. The molecule has 0 bridgehead atoms. The highest BCUT2D eigenvalue weighted by Gasteiger charge is 2.35. The van der Waals surface area contributed by atoms with E-state index in [9.17, 15) is 63.3 Å². The fourth-order valence-electron chi connectivity index (χ4n) is 5.01. The van der Waals surface area contributed by atoms with Crippen LogP contribution in [0.15, 0.2) is 0 Å². The lowest BCUT2D eigenvalue weighted by Crippen LogP contribution is -2.60. The first-order valence-electron chi connectivity index (χ1n) is 17.9. The molecule has 0 saturated heterocycles. The third-order valence-electron chi connectivity index (χ3n) is 8.02. The summed E-state index contributed by atoms with van der Waals surface area (Å²) >= 11 is 3.95. The van der Waals surface area contributed by atoms with Crippen LogP contribution in [0.1, 0.15) is 79.1 Å². The summed E-state index contributed by atoms with van der Waals surface area (Å²) in [6, 6.07) is -10.5. The van der Waals surface area contributed by atoms with Crippen molar-refractivity contribution in [2.45, 2.75) is 121 Å². The zero-order valence-corrected chi connectivity index (χ0v) is 32.8. The van der Waals surface area contributed by atoms with Crippen LogP contribution in [-0.4, -0.2) is 129 Å². The summed E-state index contributed by atoms with van der Waals surface area (Å²) in [6.07, 6.45) is -2.35. The highest BCUT2D eigenvalue weighted by molar-refractivity contribution is 7.80. The van der Waals surface area contributed by atoms with E-state index in [4.69, 9.17) is 17.2 Å². The summed E-state index contributed by atoms with van der Waals surface area (Å²) in [5.74, 6) is -12.3. The number of carbonyl (C=O) groups excluding carboxylic acids is 7. The van der Waals surface area contributed by atoms with Crippen LogP contribution in [0.4, 0.5) is 0 Å². The number of hydrogen-bond donors (Lipinski definition) is 13. The Morgan fingerprint density at radius 3 is 1.46 bits per heavy atom. The normalized spacial score (nSPS) is 14.8. The fourth-order valence-corrected chi connectivity index (χ4v) is 5.17. The van der Waals surface area contributed by atoms with Crippen LogP contribution in [0, 0.1) is 11.8 Å². The van der Waals surface area contributed by atoms with Gasteiger partial charge in [0.1, 0.15) is 36.3 Å². The Hall–Kier alpha value is -5.03. The number of thiol groups is 1. The van der Waals surface area contributed by atoms with E-state index in [-0.39, 0.29) is 50.3 Å². The Kier molecular flexibility index (Phi) is 23.6. The minimum absolute atomic E-state index is 0.0499. The Labute approximate surface area is 329 Å². The van der Waals surface area contributed by atoms with Gasteiger partial charge in [0.2, 0.25) is 41.4 Å². The molecule has 318 valence electrons. The number of unbranched alkanes of at least 4 members (excludes halogenated alkanes) is 1. The van der Waals surface area contributed by atoms with Crippen molar-refractivity contribution in [3.63, 3.8) is 0 Å². The number of carboxylic acids is 3. The van der Waals surface area contributed by atoms with Gasteiger partial charge in [-0.25, -0.2) is 4.79 Å². The highest BCUT2D eigenvalue weighted by Crippen LogP contribution is 2.10. The van der Waals surface area contributed by atoms with Crippen molar-refractivity contribution in [3.8, 4) is 0 Å². The predicted octanol–water partition coefficient (Wildman–Crippen LogP) is -3.72. The first-order chi connectivity index (χ1) is 26.0. The zero-order valence-electron chi connectivity index (χ0n) is 31.9. The minimum atomic E-state index is -1.85. The SMILES string of the molecule is CC(C)CC(NC(=O)C(CC(=O)O)NC(=O)C(CCCCN)NC(=O)C(CC(=O)O)NC(=O)C(NC(=O)C(N)CS)C(C)C)C(=O)NC(CCC(N)=O)C(=O)O. The predicted molar refractivity (Wildman–Crippen MR) is 201 cm³/mol. The Morgan fingerprint density at radius 2 is 1.04 bits per heavy atom. The molecule has 22 nitrogen and oxygen atoms in total. The molecule has 7 atom stereocenters. The molecule has 0 saturated carbocycles. The molecular weight excluding hydrogens is 762 g/mol.